The highest BCUT2D eigenvalue weighted by molar-refractivity contribution is 7.86. The number of benzene rings is 2. The van der Waals surface area contributed by atoms with Gasteiger partial charge in [-0.1, -0.05) is 42.5 Å². The Morgan fingerprint density at radius 1 is 1.00 bits per heavy atom. The summed E-state index contributed by atoms with van der Waals surface area (Å²) in [6.07, 6.45) is 2.08. The number of hydrogen-bond acceptors (Lipinski definition) is 5. The summed E-state index contributed by atoms with van der Waals surface area (Å²) in [5.74, 6) is 0.288. The van der Waals surface area contributed by atoms with E-state index in [0.717, 1.165) is 23.8 Å². The maximum absolute atomic E-state index is 12.7. The largest absolute Gasteiger partial charge is 0.385 e. The van der Waals surface area contributed by atoms with Gasteiger partial charge >= 0.3 is 10.1 Å². The molecule has 0 saturated heterocycles. The second-order valence-corrected chi connectivity index (χ2v) is 7.83. The minimum absolute atomic E-state index is 0.0359. The lowest BCUT2D eigenvalue weighted by Gasteiger charge is -2.23. The first-order valence-corrected chi connectivity index (χ1v) is 10.5. The average Bonchev–Trinajstić information content (AvgIpc) is 2.62. The second-order valence-electron chi connectivity index (χ2n) is 6.26. The van der Waals surface area contributed by atoms with Crippen LogP contribution in [0.2, 0.25) is 0 Å². The van der Waals surface area contributed by atoms with Crippen LogP contribution in [0.15, 0.2) is 54.6 Å². The SMILES string of the molecule is COCCCN(Cc1ccc(OS(C)(=O)=O)cc1)C(=O)Cc1ccccc1. The maximum Gasteiger partial charge on any atom is 0.306 e. The molecule has 2 aromatic rings. The number of carbonyl (C=O) groups is 1. The molecule has 0 spiro atoms. The third-order valence-corrected chi connectivity index (χ3v) is 4.37. The van der Waals surface area contributed by atoms with Gasteiger partial charge in [-0.15, -0.1) is 0 Å². The number of ether oxygens (including phenoxy) is 1. The fourth-order valence-electron chi connectivity index (χ4n) is 2.62. The van der Waals surface area contributed by atoms with Gasteiger partial charge in [-0.2, -0.15) is 8.42 Å². The molecule has 0 aliphatic carbocycles. The first-order chi connectivity index (χ1) is 12.9. The molecular weight excluding hydrogens is 366 g/mol. The molecule has 2 rings (SSSR count). The van der Waals surface area contributed by atoms with Crippen LogP contribution in [0.1, 0.15) is 17.5 Å². The summed E-state index contributed by atoms with van der Waals surface area (Å²) in [7, 11) is -1.92. The molecule has 2 aromatic carbocycles. The Labute approximate surface area is 160 Å². The predicted molar refractivity (Wildman–Crippen MR) is 104 cm³/mol. The molecule has 6 nitrogen and oxygen atoms in total. The third-order valence-electron chi connectivity index (χ3n) is 3.87. The molecule has 0 bridgehead atoms. The Hall–Kier alpha value is -2.38. The van der Waals surface area contributed by atoms with E-state index in [1.54, 1.807) is 36.3 Å². The molecule has 0 aromatic heterocycles. The maximum atomic E-state index is 12.7. The van der Waals surface area contributed by atoms with Gasteiger partial charge in [-0.25, -0.2) is 0 Å². The normalized spacial score (nSPS) is 11.2. The van der Waals surface area contributed by atoms with Gasteiger partial charge < -0.3 is 13.8 Å². The molecule has 7 heteroatoms. The van der Waals surface area contributed by atoms with Crippen molar-refractivity contribution in [1.29, 1.82) is 0 Å². The van der Waals surface area contributed by atoms with Gasteiger partial charge in [-0.05, 0) is 29.7 Å². The number of methoxy groups -OCH3 is 1. The summed E-state index contributed by atoms with van der Waals surface area (Å²) in [6, 6.07) is 16.3. The molecule has 0 N–H and O–H groups in total. The summed E-state index contributed by atoms with van der Waals surface area (Å²) >= 11 is 0. The van der Waals surface area contributed by atoms with Crippen LogP contribution in [0, 0.1) is 0 Å². The van der Waals surface area contributed by atoms with Crippen molar-refractivity contribution < 1.29 is 22.1 Å². The van der Waals surface area contributed by atoms with E-state index in [0.29, 0.717) is 26.1 Å². The van der Waals surface area contributed by atoms with E-state index in [-0.39, 0.29) is 11.7 Å². The van der Waals surface area contributed by atoms with E-state index in [4.69, 9.17) is 8.92 Å². The highest BCUT2D eigenvalue weighted by Gasteiger charge is 2.15. The Morgan fingerprint density at radius 3 is 2.26 bits per heavy atom. The molecule has 0 saturated carbocycles. The Morgan fingerprint density at radius 2 is 1.67 bits per heavy atom. The highest BCUT2D eigenvalue weighted by Crippen LogP contribution is 2.16. The van der Waals surface area contributed by atoms with Crippen LogP contribution >= 0.6 is 0 Å². The van der Waals surface area contributed by atoms with Crippen LogP contribution in [0.4, 0.5) is 0 Å². The van der Waals surface area contributed by atoms with Gasteiger partial charge in [0.25, 0.3) is 0 Å². The minimum Gasteiger partial charge on any atom is -0.385 e. The molecule has 27 heavy (non-hydrogen) atoms. The zero-order chi connectivity index (χ0) is 19.7. The smallest absolute Gasteiger partial charge is 0.306 e. The van der Waals surface area contributed by atoms with Crippen molar-refractivity contribution in [3.05, 3.63) is 65.7 Å². The van der Waals surface area contributed by atoms with Crippen LogP contribution in [-0.2, 0) is 32.6 Å². The van der Waals surface area contributed by atoms with E-state index < -0.39 is 10.1 Å². The summed E-state index contributed by atoms with van der Waals surface area (Å²) in [6.45, 7) is 1.60. The van der Waals surface area contributed by atoms with Crippen LogP contribution in [-0.4, -0.2) is 45.7 Å². The molecule has 146 valence electrons. The van der Waals surface area contributed by atoms with Gasteiger partial charge in [-0.3, -0.25) is 4.79 Å². The van der Waals surface area contributed by atoms with E-state index in [9.17, 15) is 13.2 Å². The van der Waals surface area contributed by atoms with Crippen molar-refractivity contribution in [3.63, 3.8) is 0 Å². The van der Waals surface area contributed by atoms with Crippen molar-refractivity contribution in [2.45, 2.75) is 19.4 Å². The summed E-state index contributed by atoms with van der Waals surface area (Å²) in [5, 5.41) is 0. The van der Waals surface area contributed by atoms with Crippen molar-refractivity contribution >= 4 is 16.0 Å². The van der Waals surface area contributed by atoms with Crippen molar-refractivity contribution in [3.8, 4) is 5.75 Å². The molecule has 0 heterocycles. The fourth-order valence-corrected chi connectivity index (χ4v) is 3.08. The second kappa shape index (κ2) is 10.1. The number of nitrogens with zero attached hydrogens (tertiary/aromatic N) is 1. The fraction of sp³-hybridized carbons (Fsp3) is 0.350. The van der Waals surface area contributed by atoms with Crippen LogP contribution < -0.4 is 4.18 Å². The van der Waals surface area contributed by atoms with Crippen molar-refractivity contribution in [1.82, 2.24) is 4.90 Å². The first-order valence-electron chi connectivity index (χ1n) is 8.66. The van der Waals surface area contributed by atoms with Crippen molar-refractivity contribution in [2.24, 2.45) is 0 Å². The van der Waals surface area contributed by atoms with Crippen molar-refractivity contribution in [2.75, 3.05) is 26.5 Å². The minimum atomic E-state index is -3.55. The summed E-state index contributed by atoms with van der Waals surface area (Å²) < 4.78 is 32.3. The molecule has 1 amide bonds. The van der Waals surface area contributed by atoms with E-state index in [1.807, 2.05) is 30.3 Å². The topological polar surface area (TPSA) is 72.9 Å². The van der Waals surface area contributed by atoms with Gasteiger partial charge in [0.2, 0.25) is 5.91 Å². The average molecular weight is 391 g/mol. The third kappa shape index (κ3) is 7.80. The summed E-state index contributed by atoms with van der Waals surface area (Å²) in [4.78, 5) is 14.5. The Bertz CT molecular complexity index is 819. The zero-order valence-electron chi connectivity index (χ0n) is 15.6. The van der Waals surface area contributed by atoms with Gasteiger partial charge in [0, 0.05) is 26.8 Å². The predicted octanol–water partition coefficient (Wildman–Crippen LogP) is 2.63. The highest BCUT2D eigenvalue weighted by atomic mass is 32.2. The Balaban J connectivity index is 2.05. The zero-order valence-corrected chi connectivity index (χ0v) is 16.4. The summed E-state index contributed by atoms with van der Waals surface area (Å²) in [5.41, 5.74) is 1.87. The first kappa shape index (κ1) is 20.9. The molecule has 0 atom stereocenters. The van der Waals surface area contributed by atoms with Gasteiger partial charge in [0.1, 0.15) is 5.75 Å². The lowest BCUT2D eigenvalue weighted by molar-refractivity contribution is -0.131. The monoisotopic (exact) mass is 391 g/mol. The quantitative estimate of drug-likeness (QED) is 0.460. The molecule has 0 fully saturated rings. The van der Waals surface area contributed by atoms with Crippen LogP contribution in [0.25, 0.3) is 0 Å². The Kier molecular flexibility index (Phi) is 7.82. The number of rotatable bonds is 10. The van der Waals surface area contributed by atoms with Crippen LogP contribution in [0.3, 0.4) is 0 Å². The standard InChI is InChI=1S/C20H25NO5S/c1-25-14-6-13-21(20(22)15-17-7-4-3-5-8-17)16-18-9-11-19(12-10-18)26-27(2,23)24/h3-5,7-12H,6,13-16H2,1-2H3. The molecular formula is C20H25NO5S. The lowest BCUT2D eigenvalue weighted by atomic mass is 10.1. The number of carbonyl (C=O) groups excluding carboxylic acids is 1. The number of amides is 1. The van der Waals surface area contributed by atoms with E-state index >= 15 is 0 Å². The molecule has 0 radical (unpaired) electrons. The molecule has 0 unspecified atom stereocenters. The molecule has 0 aliphatic rings. The van der Waals surface area contributed by atoms with E-state index in [2.05, 4.69) is 0 Å². The van der Waals surface area contributed by atoms with E-state index in [1.165, 1.54) is 0 Å². The molecule has 0 aliphatic heterocycles. The van der Waals surface area contributed by atoms with Crippen LogP contribution in [0.5, 0.6) is 5.75 Å². The van der Waals surface area contributed by atoms with Gasteiger partial charge in [0.15, 0.2) is 0 Å². The lowest BCUT2D eigenvalue weighted by Crippen LogP contribution is -2.33. The number of hydrogen-bond donors (Lipinski definition) is 0. The van der Waals surface area contributed by atoms with Gasteiger partial charge in [0.05, 0.1) is 12.7 Å².